The van der Waals surface area contributed by atoms with Gasteiger partial charge in [-0.2, -0.15) is 18.2 Å². The highest BCUT2D eigenvalue weighted by Crippen LogP contribution is 2.38. The minimum atomic E-state index is -4.59. The smallest absolute Gasteiger partial charge is 0.421 e. The summed E-state index contributed by atoms with van der Waals surface area (Å²) in [5, 5.41) is 0. The first-order chi connectivity index (χ1) is 14.6. The fourth-order valence-corrected chi connectivity index (χ4v) is 3.01. The molecule has 164 valence electrons. The maximum absolute atomic E-state index is 13.7. The second-order valence-electron chi connectivity index (χ2n) is 7.52. The highest BCUT2D eigenvalue weighted by molar-refractivity contribution is 5.66. The summed E-state index contributed by atoms with van der Waals surface area (Å²) >= 11 is 0. The van der Waals surface area contributed by atoms with Gasteiger partial charge < -0.3 is 14.5 Å². The van der Waals surface area contributed by atoms with Gasteiger partial charge in [-0.05, 0) is 57.2 Å². The molecular weight excluding hydrogens is 405 g/mol. The topological polar surface area (TPSA) is 41.5 Å². The number of ether oxygens (including phenoxy) is 1. The SMILES string of the molecule is Cc1ccc(N(C)c2ncc(C(F)(F)F)c(N(C)c3ccc(OC(C)C)cc3)n2)cc1. The molecule has 0 aliphatic carbocycles. The van der Waals surface area contributed by atoms with E-state index in [-0.39, 0.29) is 17.9 Å². The molecule has 2 aromatic carbocycles. The van der Waals surface area contributed by atoms with Crippen molar-refractivity contribution >= 4 is 23.1 Å². The second kappa shape index (κ2) is 8.83. The predicted molar refractivity (Wildman–Crippen MR) is 117 cm³/mol. The van der Waals surface area contributed by atoms with Gasteiger partial charge in [-0.25, -0.2) is 4.98 Å². The van der Waals surface area contributed by atoms with Crippen LogP contribution in [-0.4, -0.2) is 30.2 Å². The van der Waals surface area contributed by atoms with Gasteiger partial charge >= 0.3 is 6.18 Å². The van der Waals surface area contributed by atoms with Crippen molar-refractivity contribution in [2.75, 3.05) is 23.9 Å². The first-order valence-corrected chi connectivity index (χ1v) is 9.81. The molecule has 3 aromatic rings. The van der Waals surface area contributed by atoms with Gasteiger partial charge in [0.1, 0.15) is 11.3 Å². The van der Waals surface area contributed by atoms with Crippen LogP contribution in [0.5, 0.6) is 5.75 Å². The molecule has 0 spiro atoms. The van der Waals surface area contributed by atoms with Gasteiger partial charge in [0.15, 0.2) is 5.82 Å². The Kier molecular flexibility index (Phi) is 6.38. The lowest BCUT2D eigenvalue weighted by molar-refractivity contribution is -0.137. The number of alkyl halides is 3. The van der Waals surface area contributed by atoms with E-state index in [1.54, 1.807) is 43.3 Å². The first-order valence-electron chi connectivity index (χ1n) is 9.81. The number of hydrogen-bond acceptors (Lipinski definition) is 5. The van der Waals surface area contributed by atoms with Crippen LogP contribution >= 0.6 is 0 Å². The Morgan fingerprint density at radius 3 is 1.97 bits per heavy atom. The van der Waals surface area contributed by atoms with Crippen molar-refractivity contribution in [3.05, 3.63) is 65.9 Å². The van der Waals surface area contributed by atoms with Crippen molar-refractivity contribution in [1.29, 1.82) is 0 Å². The summed E-state index contributed by atoms with van der Waals surface area (Å²) in [7, 11) is 3.26. The van der Waals surface area contributed by atoms with Gasteiger partial charge in [-0.15, -0.1) is 0 Å². The van der Waals surface area contributed by atoms with E-state index >= 15 is 0 Å². The molecule has 31 heavy (non-hydrogen) atoms. The van der Waals surface area contributed by atoms with Crippen molar-refractivity contribution in [1.82, 2.24) is 9.97 Å². The maximum Gasteiger partial charge on any atom is 0.421 e. The minimum Gasteiger partial charge on any atom is -0.491 e. The lowest BCUT2D eigenvalue weighted by atomic mass is 10.2. The number of rotatable bonds is 6. The van der Waals surface area contributed by atoms with Crippen LogP contribution in [0.2, 0.25) is 0 Å². The molecule has 0 radical (unpaired) electrons. The van der Waals surface area contributed by atoms with E-state index in [9.17, 15) is 13.2 Å². The highest BCUT2D eigenvalue weighted by Gasteiger charge is 2.37. The summed E-state index contributed by atoms with van der Waals surface area (Å²) in [6.45, 7) is 5.77. The molecule has 1 aromatic heterocycles. The molecule has 0 bridgehead atoms. The third kappa shape index (κ3) is 5.25. The van der Waals surface area contributed by atoms with Crippen molar-refractivity contribution in [3.8, 4) is 5.75 Å². The molecule has 3 rings (SSSR count). The molecule has 1 heterocycles. The van der Waals surface area contributed by atoms with Gasteiger partial charge in [-0.1, -0.05) is 17.7 Å². The predicted octanol–water partition coefficient (Wildman–Crippen LogP) is 6.13. The van der Waals surface area contributed by atoms with Crippen molar-refractivity contribution in [3.63, 3.8) is 0 Å². The molecular formula is C23H25F3N4O. The molecule has 0 N–H and O–H groups in total. The molecule has 5 nitrogen and oxygen atoms in total. The number of nitrogens with zero attached hydrogens (tertiary/aromatic N) is 4. The Bertz CT molecular complexity index is 1020. The summed E-state index contributed by atoms with van der Waals surface area (Å²) in [6.07, 6.45) is -3.76. The fourth-order valence-electron chi connectivity index (χ4n) is 3.01. The van der Waals surface area contributed by atoms with E-state index in [2.05, 4.69) is 9.97 Å². The van der Waals surface area contributed by atoms with Crippen LogP contribution in [0.3, 0.4) is 0 Å². The van der Waals surface area contributed by atoms with E-state index in [0.717, 1.165) is 17.4 Å². The van der Waals surface area contributed by atoms with Crippen LogP contribution in [0.4, 0.5) is 36.3 Å². The zero-order chi connectivity index (χ0) is 22.8. The Labute approximate surface area is 180 Å². The third-order valence-corrected chi connectivity index (χ3v) is 4.70. The molecule has 0 aliphatic heterocycles. The summed E-state index contributed by atoms with van der Waals surface area (Å²) in [4.78, 5) is 11.3. The van der Waals surface area contributed by atoms with Crippen LogP contribution in [0.1, 0.15) is 25.0 Å². The van der Waals surface area contributed by atoms with Crippen molar-refractivity contribution in [2.45, 2.75) is 33.1 Å². The summed E-state index contributed by atoms with van der Waals surface area (Å²) in [5.41, 5.74) is 1.49. The van der Waals surface area contributed by atoms with Gasteiger partial charge in [0.2, 0.25) is 5.95 Å². The van der Waals surface area contributed by atoms with Gasteiger partial charge in [-0.3, -0.25) is 0 Å². The number of anilines is 4. The van der Waals surface area contributed by atoms with Gasteiger partial charge in [0, 0.05) is 31.7 Å². The molecule has 0 saturated carbocycles. The van der Waals surface area contributed by atoms with Gasteiger partial charge in [0.05, 0.1) is 6.10 Å². The zero-order valence-corrected chi connectivity index (χ0v) is 18.1. The van der Waals surface area contributed by atoms with Crippen molar-refractivity contribution < 1.29 is 17.9 Å². The number of aromatic nitrogens is 2. The fraction of sp³-hybridized carbons (Fsp3) is 0.304. The van der Waals surface area contributed by atoms with E-state index in [1.165, 1.54) is 4.90 Å². The summed E-state index contributed by atoms with van der Waals surface area (Å²) in [5.74, 6) is 0.582. The van der Waals surface area contributed by atoms with Crippen LogP contribution < -0.4 is 14.5 Å². The van der Waals surface area contributed by atoms with Crippen LogP contribution in [0.15, 0.2) is 54.7 Å². The summed E-state index contributed by atoms with van der Waals surface area (Å²) in [6, 6.07) is 14.4. The van der Waals surface area contributed by atoms with E-state index in [4.69, 9.17) is 4.74 Å². The molecule has 0 saturated heterocycles. The average Bonchev–Trinajstić information content (AvgIpc) is 2.72. The van der Waals surface area contributed by atoms with Crippen LogP contribution in [0, 0.1) is 6.92 Å². The average molecular weight is 430 g/mol. The van der Waals surface area contributed by atoms with E-state index in [1.807, 2.05) is 45.0 Å². The molecule has 0 atom stereocenters. The Balaban J connectivity index is 2.00. The molecule has 0 amide bonds. The maximum atomic E-state index is 13.7. The first kappa shape index (κ1) is 22.4. The lowest BCUT2D eigenvalue weighted by Gasteiger charge is -2.25. The normalized spacial score (nSPS) is 11.5. The zero-order valence-electron chi connectivity index (χ0n) is 18.1. The van der Waals surface area contributed by atoms with Crippen molar-refractivity contribution in [2.24, 2.45) is 0 Å². The molecule has 0 unspecified atom stereocenters. The Hall–Kier alpha value is -3.29. The summed E-state index contributed by atoms with van der Waals surface area (Å²) < 4.78 is 46.7. The molecule has 0 aliphatic rings. The number of benzene rings is 2. The molecule has 0 fully saturated rings. The third-order valence-electron chi connectivity index (χ3n) is 4.70. The minimum absolute atomic E-state index is 0.00199. The van der Waals surface area contributed by atoms with Crippen LogP contribution in [-0.2, 0) is 6.18 Å². The van der Waals surface area contributed by atoms with E-state index < -0.39 is 11.7 Å². The van der Waals surface area contributed by atoms with Crippen LogP contribution in [0.25, 0.3) is 0 Å². The standard InChI is InChI=1S/C23H25F3N4O/c1-15(2)31-19-12-10-17(11-13-19)29(4)21-20(23(24,25)26)14-27-22(28-21)30(5)18-8-6-16(3)7-9-18/h6-15H,1-5H3. The highest BCUT2D eigenvalue weighted by atomic mass is 19.4. The van der Waals surface area contributed by atoms with E-state index in [0.29, 0.717) is 11.4 Å². The Morgan fingerprint density at radius 1 is 0.871 bits per heavy atom. The number of halogens is 3. The second-order valence-corrected chi connectivity index (χ2v) is 7.52. The monoisotopic (exact) mass is 430 g/mol. The van der Waals surface area contributed by atoms with Gasteiger partial charge in [0.25, 0.3) is 0 Å². The number of aryl methyl sites for hydroxylation is 1. The lowest BCUT2D eigenvalue weighted by Crippen LogP contribution is -2.21. The molecule has 8 heteroatoms. The quantitative estimate of drug-likeness (QED) is 0.471. The Morgan fingerprint density at radius 2 is 1.42 bits per heavy atom. The number of hydrogen-bond donors (Lipinski definition) is 0. The largest absolute Gasteiger partial charge is 0.491 e.